The van der Waals surface area contributed by atoms with Crippen molar-refractivity contribution >= 4 is 29.5 Å². The molecule has 28 heavy (non-hydrogen) atoms. The predicted octanol–water partition coefficient (Wildman–Crippen LogP) is 3.10. The second-order valence-electron chi connectivity index (χ2n) is 5.87. The Kier molecular flexibility index (Phi) is 8.13. The minimum absolute atomic E-state index is 0.0140. The Bertz CT molecular complexity index is 814. The number of anilines is 1. The van der Waals surface area contributed by atoms with Gasteiger partial charge in [0, 0.05) is 36.4 Å². The van der Waals surface area contributed by atoms with E-state index in [0.717, 1.165) is 10.5 Å². The summed E-state index contributed by atoms with van der Waals surface area (Å²) in [4.78, 5) is 30.3. The second kappa shape index (κ2) is 10.6. The normalized spacial score (nSPS) is 10.3. The molecule has 1 amide bonds. The molecule has 150 valence electrons. The van der Waals surface area contributed by atoms with Crippen LogP contribution in [0, 0.1) is 6.92 Å². The minimum Gasteiger partial charge on any atom is -0.495 e. The van der Waals surface area contributed by atoms with E-state index >= 15 is 0 Å². The summed E-state index contributed by atoms with van der Waals surface area (Å²) in [6.45, 7) is 1.72. The van der Waals surface area contributed by atoms with Gasteiger partial charge in [-0.2, -0.15) is 0 Å². The highest BCUT2D eigenvalue weighted by molar-refractivity contribution is 7.99. The van der Waals surface area contributed by atoms with Crippen LogP contribution in [0.5, 0.6) is 11.5 Å². The highest BCUT2D eigenvalue weighted by Gasteiger charge is 2.14. The highest BCUT2D eigenvalue weighted by atomic mass is 32.2. The molecule has 0 aliphatic rings. The standard InChI is InChI=1S/C20H24N2O5S/c1-14-11-17(16(25-3)12-15(14)27-13-20(24)26-4)28-10-8-19(23)22(2)18-7-5-6-9-21-18/h5-7,9,11-12H,8,10,13H2,1-4H3. The van der Waals surface area contributed by atoms with Gasteiger partial charge in [0.2, 0.25) is 5.91 Å². The number of aromatic nitrogens is 1. The fourth-order valence-corrected chi connectivity index (χ4v) is 3.40. The van der Waals surface area contributed by atoms with Crippen molar-refractivity contribution in [2.24, 2.45) is 0 Å². The molecule has 0 aliphatic heterocycles. The average Bonchev–Trinajstić information content (AvgIpc) is 2.72. The molecule has 0 aliphatic carbocycles. The molecule has 8 heteroatoms. The third kappa shape index (κ3) is 5.88. The number of amides is 1. The molecule has 2 aromatic rings. The Morgan fingerprint density at radius 2 is 1.96 bits per heavy atom. The molecule has 1 aromatic heterocycles. The number of hydrogen-bond acceptors (Lipinski definition) is 7. The second-order valence-corrected chi connectivity index (χ2v) is 7.01. The van der Waals surface area contributed by atoms with Crippen LogP contribution < -0.4 is 14.4 Å². The number of nitrogens with zero attached hydrogens (tertiary/aromatic N) is 2. The molecular weight excluding hydrogens is 380 g/mol. The Hall–Kier alpha value is -2.74. The molecule has 1 heterocycles. The van der Waals surface area contributed by atoms with Crippen LogP contribution in [-0.4, -0.2) is 50.5 Å². The Labute approximate surface area is 169 Å². The van der Waals surface area contributed by atoms with Gasteiger partial charge in [-0.3, -0.25) is 9.69 Å². The first-order valence-corrected chi connectivity index (χ1v) is 9.63. The first kappa shape index (κ1) is 21.6. The third-order valence-corrected chi connectivity index (χ3v) is 5.01. The summed E-state index contributed by atoms with van der Waals surface area (Å²) in [6.07, 6.45) is 2.02. The summed E-state index contributed by atoms with van der Waals surface area (Å²) in [5.74, 6) is 1.93. The number of thioether (sulfide) groups is 1. The fourth-order valence-electron chi connectivity index (χ4n) is 2.36. The molecule has 2 rings (SSSR count). The molecule has 0 unspecified atom stereocenters. The lowest BCUT2D eigenvalue weighted by Crippen LogP contribution is -2.27. The number of hydrogen-bond donors (Lipinski definition) is 0. The fraction of sp³-hybridized carbons (Fsp3) is 0.350. The van der Waals surface area contributed by atoms with Crippen molar-refractivity contribution in [3.63, 3.8) is 0 Å². The maximum absolute atomic E-state index is 12.4. The van der Waals surface area contributed by atoms with E-state index in [0.29, 0.717) is 29.5 Å². The van der Waals surface area contributed by atoms with Gasteiger partial charge < -0.3 is 14.2 Å². The van der Waals surface area contributed by atoms with E-state index in [1.807, 2.05) is 25.1 Å². The zero-order valence-electron chi connectivity index (χ0n) is 16.4. The maximum atomic E-state index is 12.4. The van der Waals surface area contributed by atoms with Gasteiger partial charge in [-0.25, -0.2) is 9.78 Å². The summed E-state index contributed by atoms with van der Waals surface area (Å²) in [7, 11) is 4.60. The van der Waals surface area contributed by atoms with E-state index in [1.54, 1.807) is 37.4 Å². The van der Waals surface area contributed by atoms with E-state index in [1.165, 1.54) is 18.9 Å². The first-order valence-electron chi connectivity index (χ1n) is 8.65. The number of esters is 1. The van der Waals surface area contributed by atoms with Gasteiger partial charge in [-0.05, 0) is 30.7 Å². The van der Waals surface area contributed by atoms with Crippen LogP contribution in [0.2, 0.25) is 0 Å². The van der Waals surface area contributed by atoms with Gasteiger partial charge in [0.25, 0.3) is 0 Å². The Morgan fingerprint density at radius 1 is 1.18 bits per heavy atom. The Balaban J connectivity index is 1.97. The van der Waals surface area contributed by atoms with E-state index < -0.39 is 5.97 Å². The minimum atomic E-state index is -0.452. The van der Waals surface area contributed by atoms with Crippen molar-refractivity contribution in [3.05, 3.63) is 42.1 Å². The lowest BCUT2D eigenvalue weighted by Gasteiger charge is -2.16. The number of rotatable bonds is 9. The largest absolute Gasteiger partial charge is 0.495 e. The molecule has 0 saturated heterocycles. The van der Waals surface area contributed by atoms with Gasteiger partial charge in [0.05, 0.1) is 14.2 Å². The van der Waals surface area contributed by atoms with Crippen molar-refractivity contribution in [3.8, 4) is 11.5 Å². The lowest BCUT2D eigenvalue weighted by atomic mass is 10.2. The molecule has 0 spiro atoms. The number of benzene rings is 1. The number of methoxy groups -OCH3 is 2. The van der Waals surface area contributed by atoms with Crippen LogP contribution in [0.15, 0.2) is 41.4 Å². The number of ether oxygens (including phenoxy) is 3. The number of carbonyl (C=O) groups is 2. The molecule has 0 radical (unpaired) electrons. The number of aryl methyl sites for hydroxylation is 1. The van der Waals surface area contributed by atoms with Gasteiger partial charge in [-0.1, -0.05) is 6.07 Å². The van der Waals surface area contributed by atoms with Crippen molar-refractivity contribution in [1.29, 1.82) is 0 Å². The predicted molar refractivity (Wildman–Crippen MR) is 108 cm³/mol. The summed E-state index contributed by atoms with van der Waals surface area (Å²) in [5, 5.41) is 0. The number of pyridine rings is 1. The van der Waals surface area contributed by atoms with Crippen LogP contribution >= 0.6 is 11.8 Å². The third-order valence-electron chi connectivity index (χ3n) is 3.97. The van der Waals surface area contributed by atoms with Crippen molar-refractivity contribution in [2.45, 2.75) is 18.2 Å². The zero-order valence-corrected chi connectivity index (χ0v) is 17.2. The summed E-state index contributed by atoms with van der Waals surface area (Å²) < 4.78 is 15.5. The van der Waals surface area contributed by atoms with Crippen LogP contribution in [0.25, 0.3) is 0 Å². The first-order chi connectivity index (χ1) is 13.5. The van der Waals surface area contributed by atoms with Crippen LogP contribution in [0.3, 0.4) is 0 Å². The Morgan fingerprint density at radius 3 is 2.61 bits per heavy atom. The molecule has 0 fully saturated rings. The quantitative estimate of drug-likeness (QED) is 0.469. The van der Waals surface area contributed by atoms with E-state index in [4.69, 9.17) is 9.47 Å². The SMILES string of the molecule is COC(=O)COc1cc(OC)c(SCCC(=O)N(C)c2ccccn2)cc1C. The van der Waals surface area contributed by atoms with Crippen LogP contribution in [0.1, 0.15) is 12.0 Å². The zero-order chi connectivity index (χ0) is 20.5. The lowest BCUT2D eigenvalue weighted by molar-refractivity contribution is -0.142. The monoisotopic (exact) mass is 404 g/mol. The van der Waals surface area contributed by atoms with Gasteiger partial charge >= 0.3 is 5.97 Å². The van der Waals surface area contributed by atoms with Crippen LogP contribution in [-0.2, 0) is 14.3 Å². The van der Waals surface area contributed by atoms with Crippen molar-refractivity contribution < 1.29 is 23.8 Å². The summed E-state index contributed by atoms with van der Waals surface area (Å²) in [6, 6.07) is 9.11. The van der Waals surface area contributed by atoms with Gasteiger partial charge in [0.1, 0.15) is 17.3 Å². The average molecular weight is 404 g/mol. The molecule has 0 atom stereocenters. The molecule has 0 bridgehead atoms. The van der Waals surface area contributed by atoms with E-state index in [9.17, 15) is 9.59 Å². The molecule has 0 N–H and O–H groups in total. The molecular formula is C20H24N2O5S. The molecule has 0 saturated carbocycles. The maximum Gasteiger partial charge on any atom is 0.343 e. The van der Waals surface area contributed by atoms with E-state index in [-0.39, 0.29) is 12.5 Å². The smallest absolute Gasteiger partial charge is 0.343 e. The van der Waals surface area contributed by atoms with Gasteiger partial charge in [-0.15, -0.1) is 11.8 Å². The van der Waals surface area contributed by atoms with Gasteiger partial charge in [0.15, 0.2) is 6.61 Å². The molecule has 1 aromatic carbocycles. The topological polar surface area (TPSA) is 78.0 Å². The molecule has 7 nitrogen and oxygen atoms in total. The van der Waals surface area contributed by atoms with Crippen molar-refractivity contribution in [2.75, 3.05) is 38.5 Å². The highest BCUT2D eigenvalue weighted by Crippen LogP contribution is 2.35. The van der Waals surface area contributed by atoms with Crippen LogP contribution in [0.4, 0.5) is 5.82 Å². The summed E-state index contributed by atoms with van der Waals surface area (Å²) in [5.41, 5.74) is 0.865. The number of carbonyl (C=O) groups excluding carboxylic acids is 2. The summed E-state index contributed by atoms with van der Waals surface area (Å²) >= 11 is 1.52. The van der Waals surface area contributed by atoms with E-state index in [2.05, 4.69) is 9.72 Å². The van der Waals surface area contributed by atoms with Crippen molar-refractivity contribution in [1.82, 2.24) is 4.98 Å².